The van der Waals surface area contributed by atoms with Crippen LogP contribution in [0.15, 0.2) is 46.9 Å². The Balaban J connectivity index is 2.14. The average molecular weight is 341 g/mol. The Morgan fingerprint density at radius 3 is 2.75 bits per heavy atom. The first kappa shape index (κ1) is 16.5. The second kappa shape index (κ2) is 6.65. The van der Waals surface area contributed by atoms with Gasteiger partial charge in [0.25, 0.3) is 5.56 Å². The number of nitrogens with one attached hydrogen (secondary N) is 1. The van der Waals surface area contributed by atoms with Crippen LogP contribution in [0.4, 0.5) is 5.82 Å². The Bertz CT molecular complexity index is 856. The molecule has 1 aliphatic rings. The van der Waals surface area contributed by atoms with E-state index in [9.17, 15) is 9.59 Å². The molecular formula is C18H19N3O2S. The Morgan fingerprint density at radius 2 is 2.08 bits per heavy atom. The fourth-order valence-corrected chi connectivity index (χ4v) is 3.58. The van der Waals surface area contributed by atoms with Crippen molar-refractivity contribution in [3.05, 3.63) is 64.0 Å². The number of carbonyl (C=O) groups is 1. The second-order valence-electron chi connectivity index (χ2n) is 5.84. The smallest absolute Gasteiger partial charge is 0.279 e. The topological polar surface area (TPSA) is 64.0 Å². The van der Waals surface area contributed by atoms with Crippen molar-refractivity contribution >= 4 is 23.5 Å². The summed E-state index contributed by atoms with van der Waals surface area (Å²) in [7, 11) is 1.81. The maximum Gasteiger partial charge on any atom is 0.279 e. The van der Waals surface area contributed by atoms with Crippen LogP contribution in [0.5, 0.6) is 0 Å². The van der Waals surface area contributed by atoms with Crippen molar-refractivity contribution in [2.24, 2.45) is 7.05 Å². The van der Waals surface area contributed by atoms with E-state index in [1.165, 1.54) is 11.8 Å². The molecule has 0 fully saturated rings. The zero-order chi connectivity index (χ0) is 17.3. The number of hydrogen-bond donors (Lipinski definition) is 1. The van der Waals surface area contributed by atoms with Crippen LogP contribution < -0.4 is 10.9 Å². The van der Waals surface area contributed by atoms with Crippen LogP contribution in [0.25, 0.3) is 0 Å². The molecule has 0 aliphatic carbocycles. The minimum absolute atomic E-state index is 0.0889. The Hall–Kier alpha value is -2.34. The van der Waals surface area contributed by atoms with Crippen LogP contribution in [0.2, 0.25) is 0 Å². The number of anilines is 1. The number of rotatable bonds is 4. The van der Waals surface area contributed by atoms with Gasteiger partial charge in [-0.05, 0) is 12.5 Å². The molecule has 0 spiro atoms. The van der Waals surface area contributed by atoms with Gasteiger partial charge in [0.2, 0.25) is 5.91 Å². The first-order valence-electron chi connectivity index (χ1n) is 7.72. The van der Waals surface area contributed by atoms with Gasteiger partial charge in [0.1, 0.15) is 5.82 Å². The van der Waals surface area contributed by atoms with Gasteiger partial charge in [0, 0.05) is 25.1 Å². The van der Waals surface area contributed by atoms with Crippen molar-refractivity contribution in [1.29, 1.82) is 0 Å². The summed E-state index contributed by atoms with van der Waals surface area (Å²) in [5, 5.41) is 3.41. The Kier molecular flexibility index (Phi) is 4.57. The summed E-state index contributed by atoms with van der Waals surface area (Å²) in [6.45, 7) is 5.69. The third-order valence-corrected chi connectivity index (χ3v) is 5.14. The van der Waals surface area contributed by atoms with E-state index >= 15 is 0 Å². The minimum atomic E-state index is -0.278. The van der Waals surface area contributed by atoms with Crippen molar-refractivity contribution in [2.45, 2.75) is 24.4 Å². The highest BCUT2D eigenvalue weighted by molar-refractivity contribution is 7.99. The molecule has 1 atom stereocenters. The van der Waals surface area contributed by atoms with Crippen molar-refractivity contribution in [1.82, 2.24) is 9.55 Å². The summed E-state index contributed by atoms with van der Waals surface area (Å²) in [5.74, 6) is 0.838. The lowest BCUT2D eigenvalue weighted by Crippen LogP contribution is -2.33. The summed E-state index contributed by atoms with van der Waals surface area (Å²) in [6, 6.07) is 7.94. The number of hydrogen-bond acceptors (Lipinski definition) is 4. The monoisotopic (exact) mass is 341 g/mol. The molecule has 1 aromatic carbocycles. The van der Waals surface area contributed by atoms with E-state index in [2.05, 4.69) is 16.9 Å². The lowest BCUT2D eigenvalue weighted by molar-refractivity contribution is -0.116. The zero-order valence-electron chi connectivity index (χ0n) is 13.7. The molecule has 2 aromatic rings. The van der Waals surface area contributed by atoms with Gasteiger partial charge < -0.3 is 9.88 Å². The molecule has 1 aromatic heterocycles. The Labute approximate surface area is 144 Å². The largest absolute Gasteiger partial charge is 0.312 e. The van der Waals surface area contributed by atoms with Crippen molar-refractivity contribution in [3.63, 3.8) is 0 Å². The molecule has 1 unspecified atom stereocenters. The van der Waals surface area contributed by atoms with Gasteiger partial charge >= 0.3 is 0 Å². The van der Waals surface area contributed by atoms with Crippen molar-refractivity contribution in [2.75, 3.05) is 11.1 Å². The first-order chi connectivity index (χ1) is 11.5. The van der Waals surface area contributed by atoms with Crippen molar-refractivity contribution in [3.8, 4) is 0 Å². The lowest BCUT2D eigenvalue weighted by atomic mass is 9.86. The highest BCUT2D eigenvalue weighted by Gasteiger charge is 2.31. The van der Waals surface area contributed by atoms with E-state index in [0.717, 1.165) is 11.1 Å². The zero-order valence-corrected chi connectivity index (χ0v) is 14.5. The van der Waals surface area contributed by atoms with E-state index < -0.39 is 0 Å². The van der Waals surface area contributed by atoms with Gasteiger partial charge in [-0.1, -0.05) is 47.7 Å². The predicted molar refractivity (Wildman–Crippen MR) is 96.7 cm³/mol. The number of aromatic nitrogens is 2. The lowest BCUT2D eigenvalue weighted by Gasteiger charge is -2.27. The quantitative estimate of drug-likeness (QED) is 0.528. The molecule has 1 amide bonds. The molecule has 124 valence electrons. The van der Waals surface area contributed by atoms with Gasteiger partial charge in [-0.15, -0.1) is 6.58 Å². The standard InChI is InChI=1S/C18H19N3O2S/c1-4-9-24-18-20-17(23)15-13(12-7-5-11(2)6-8-12)10-14(22)19-16(15)21(18)3/h4-8,13H,1,9-10H2,2-3H3,(H,19,22). The third-order valence-electron chi connectivity index (χ3n) is 4.11. The number of carbonyl (C=O) groups excluding carboxylic acids is 1. The number of nitrogens with zero attached hydrogens (tertiary/aromatic N) is 2. The molecule has 3 rings (SSSR count). The molecule has 0 saturated carbocycles. The van der Waals surface area contributed by atoms with Crippen LogP contribution >= 0.6 is 11.8 Å². The number of benzene rings is 1. The number of fused-ring (bicyclic) bond motifs is 1. The van der Waals surface area contributed by atoms with E-state index in [-0.39, 0.29) is 23.8 Å². The number of thioether (sulfide) groups is 1. The summed E-state index contributed by atoms with van der Waals surface area (Å²) in [6.07, 6.45) is 2.01. The molecule has 0 saturated heterocycles. The molecule has 24 heavy (non-hydrogen) atoms. The van der Waals surface area contributed by atoms with Crippen LogP contribution in [-0.2, 0) is 11.8 Å². The number of amides is 1. The van der Waals surface area contributed by atoms with E-state index in [4.69, 9.17) is 0 Å². The van der Waals surface area contributed by atoms with Crippen LogP contribution in [0, 0.1) is 6.92 Å². The second-order valence-corrected chi connectivity index (χ2v) is 6.82. The maximum atomic E-state index is 12.6. The molecule has 1 aliphatic heterocycles. The van der Waals surface area contributed by atoms with E-state index in [1.807, 2.05) is 38.2 Å². The highest BCUT2D eigenvalue weighted by atomic mass is 32.2. The first-order valence-corrected chi connectivity index (χ1v) is 8.71. The van der Waals surface area contributed by atoms with Crippen LogP contribution in [-0.4, -0.2) is 21.2 Å². The van der Waals surface area contributed by atoms with Crippen LogP contribution in [0.1, 0.15) is 29.0 Å². The molecule has 2 heterocycles. The minimum Gasteiger partial charge on any atom is -0.312 e. The summed E-state index contributed by atoms with van der Waals surface area (Å²) < 4.78 is 1.78. The molecule has 6 heteroatoms. The fraction of sp³-hybridized carbons (Fsp3) is 0.278. The predicted octanol–water partition coefficient (Wildman–Crippen LogP) is 2.84. The average Bonchev–Trinajstić information content (AvgIpc) is 2.56. The number of aryl methyl sites for hydroxylation is 1. The van der Waals surface area contributed by atoms with E-state index in [1.54, 1.807) is 10.6 Å². The maximum absolute atomic E-state index is 12.6. The Morgan fingerprint density at radius 1 is 1.38 bits per heavy atom. The summed E-state index contributed by atoms with van der Waals surface area (Å²) >= 11 is 1.42. The molecule has 0 bridgehead atoms. The van der Waals surface area contributed by atoms with E-state index in [0.29, 0.717) is 22.3 Å². The SMILES string of the molecule is C=CCSc1nc(=O)c2c(n1C)NC(=O)CC2c1ccc(C)cc1. The van der Waals surface area contributed by atoms with Crippen LogP contribution in [0.3, 0.4) is 0 Å². The summed E-state index contributed by atoms with van der Waals surface area (Å²) in [4.78, 5) is 29.1. The molecule has 5 nitrogen and oxygen atoms in total. The molecule has 0 radical (unpaired) electrons. The van der Waals surface area contributed by atoms with Gasteiger partial charge in [-0.3, -0.25) is 9.59 Å². The van der Waals surface area contributed by atoms with Crippen molar-refractivity contribution < 1.29 is 4.79 Å². The highest BCUT2D eigenvalue weighted by Crippen LogP contribution is 2.35. The summed E-state index contributed by atoms with van der Waals surface area (Å²) in [5.41, 5.74) is 2.38. The third kappa shape index (κ3) is 3.01. The molecule has 1 N–H and O–H groups in total. The normalized spacial score (nSPS) is 16.4. The van der Waals surface area contributed by atoms with Gasteiger partial charge in [0.15, 0.2) is 5.16 Å². The van der Waals surface area contributed by atoms with Gasteiger partial charge in [-0.25, -0.2) is 0 Å². The molecular weight excluding hydrogens is 322 g/mol. The van der Waals surface area contributed by atoms with Gasteiger partial charge in [0.05, 0.1) is 5.56 Å². The van der Waals surface area contributed by atoms with Gasteiger partial charge in [-0.2, -0.15) is 4.98 Å². The fourth-order valence-electron chi connectivity index (χ4n) is 2.88.